The molecule has 0 bridgehead atoms. The normalized spacial score (nSPS) is 16.1. The van der Waals surface area contributed by atoms with Gasteiger partial charge in [0.2, 0.25) is 10.0 Å². The lowest BCUT2D eigenvalue weighted by atomic mass is 10.1. The summed E-state index contributed by atoms with van der Waals surface area (Å²) in [5.41, 5.74) is 2.87. The van der Waals surface area contributed by atoms with Gasteiger partial charge in [0.1, 0.15) is 4.90 Å². The standard InChI is InChI=1S/C22H26N4O3S2/c1-3-16-5-4-6-18-19(14-24-22(16)18)20(27)15-30-21-8-7-17(13-23-21)31(28,29)26-11-9-25(2)10-12-26/h4-8,13-14,24H,3,9-12,15H2,1-2H3. The maximum Gasteiger partial charge on any atom is 0.244 e. The van der Waals surface area contributed by atoms with Crippen LogP contribution in [0.5, 0.6) is 0 Å². The Morgan fingerprint density at radius 2 is 1.94 bits per heavy atom. The molecule has 7 nitrogen and oxygen atoms in total. The molecule has 0 unspecified atom stereocenters. The smallest absolute Gasteiger partial charge is 0.244 e. The Labute approximate surface area is 186 Å². The van der Waals surface area contributed by atoms with E-state index in [-0.39, 0.29) is 16.4 Å². The van der Waals surface area contributed by atoms with Gasteiger partial charge in [-0.05, 0) is 31.2 Å². The number of ketones is 1. The number of nitrogens with one attached hydrogen (secondary N) is 1. The largest absolute Gasteiger partial charge is 0.360 e. The van der Waals surface area contributed by atoms with Crippen LogP contribution in [0.4, 0.5) is 0 Å². The van der Waals surface area contributed by atoms with Crippen molar-refractivity contribution in [3.8, 4) is 0 Å². The van der Waals surface area contributed by atoms with Gasteiger partial charge in [-0.3, -0.25) is 4.79 Å². The number of Topliss-reactive ketones (excluding diaryl/α,β-unsaturated/α-hetero) is 1. The van der Waals surface area contributed by atoms with Crippen LogP contribution in [0, 0.1) is 0 Å². The van der Waals surface area contributed by atoms with Gasteiger partial charge in [-0.25, -0.2) is 13.4 Å². The molecule has 0 amide bonds. The molecular weight excluding hydrogens is 432 g/mol. The van der Waals surface area contributed by atoms with Gasteiger partial charge in [0.05, 0.1) is 10.8 Å². The maximum absolute atomic E-state index is 12.8. The number of nitrogens with zero attached hydrogens (tertiary/aromatic N) is 3. The maximum atomic E-state index is 12.8. The molecule has 1 fully saturated rings. The molecular formula is C22H26N4O3S2. The number of thioether (sulfide) groups is 1. The molecule has 1 N–H and O–H groups in total. The summed E-state index contributed by atoms with van der Waals surface area (Å²) in [6, 6.07) is 9.24. The van der Waals surface area contributed by atoms with Crippen LogP contribution in [0.1, 0.15) is 22.8 Å². The molecule has 0 spiro atoms. The van der Waals surface area contributed by atoms with E-state index in [2.05, 4.69) is 27.9 Å². The predicted octanol–water partition coefficient (Wildman–Crippen LogP) is 3.04. The molecule has 31 heavy (non-hydrogen) atoms. The summed E-state index contributed by atoms with van der Waals surface area (Å²) in [5.74, 6) is 0.251. The zero-order chi connectivity index (χ0) is 22.0. The first-order valence-electron chi connectivity index (χ1n) is 10.3. The number of aromatic amines is 1. The number of carbonyl (C=O) groups is 1. The fourth-order valence-electron chi connectivity index (χ4n) is 3.74. The van der Waals surface area contributed by atoms with Gasteiger partial charge in [0, 0.05) is 55.0 Å². The number of sulfonamides is 1. The number of aryl methyl sites for hydroxylation is 1. The van der Waals surface area contributed by atoms with E-state index in [1.54, 1.807) is 18.3 Å². The number of aromatic nitrogens is 2. The highest BCUT2D eigenvalue weighted by Crippen LogP contribution is 2.25. The van der Waals surface area contributed by atoms with E-state index >= 15 is 0 Å². The summed E-state index contributed by atoms with van der Waals surface area (Å²) in [6.07, 6.45) is 4.05. The van der Waals surface area contributed by atoms with Crippen LogP contribution >= 0.6 is 11.8 Å². The van der Waals surface area contributed by atoms with E-state index in [9.17, 15) is 13.2 Å². The molecule has 1 aliphatic heterocycles. The first kappa shape index (κ1) is 22.0. The molecule has 3 heterocycles. The van der Waals surface area contributed by atoms with Gasteiger partial charge in [-0.2, -0.15) is 4.31 Å². The van der Waals surface area contributed by atoms with Crippen molar-refractivity contribution >= 4 is 38.5 Å². The molecule has 9 heteroatoms. The Morgan fingerprint density at radius 3 is 2.61 bits per heavy atom. The van der Waals surface area contributed by atoms with Crippen molar-refractivity contribution in [2.45, 2.75) is 23.3 Å². The van der Waals surface area contributed by atoms with Crippen molar-refractivity contribution in [1.29, 1.82) is 0 Å². The number of carbonyl (C=O) groups excluding carboxylic acids is 1. The molecule has 0 aliphatic carbocycles. The lowest BCUT2D eigenvalue weighted by Gasteiger charge is -2.31. The van der Waals surface area contributed by atoms with Crippen molar-refractivity contribution in [1.82, 2.24) is 19.2 Å². The fraction of sp³-hybridized carbons (Fsp3) is 0.364. The van der Waals surface area contributed by atoms with Crippen molar-refractivity contribution in [3.05, 3.63) is 53.9 Å². The lowest BCUT2D eigenvalue weighted by molar-refractivity contribution is 0.102. The number of H-pyrrole nitrogens is 1. The van der Waals surface area contributed by atoms with Gasteiger partial charge < -0.3 is 9.88 Å². The third-order valence-electron chi connectivity index (χ3n) is 5.64. The first-order chi connectivity index (χ1) is 14.9. The minimum absolute atomic E-state index is 0.0143. The summed E-state index contributed by atoms with van der Waals surface area (Å²) in [5, 5.41) is 1.56. The summed E-state index contributed by atoms with van der Waals surface area (Å²) < 4.78 is 27.1. The molecule has 0 atom stereocenters. The second-order valence-corrected chi connectivity index (χ2v) is 10.6. The topological polar surface area (TPSA) is 86.4 Å². The lowest BCUT2D eigenvalue weighted by Crippen LogP contribution is -2.47. The second kappa shape index (κ2) is 9.12. The van der Waals surface area contributed by atoms with Gasteiger partial charge >= 0.3 is 0 Å². The van der Waals surface area contributed by atoms with Gasteiger partial charge in [0.25, 0.3) is 0 Å². The molecule has 1 saturated heterocycles. The molecule has 3 aromatic rings. The predicted molar refractivity (Wildman–Crippen MR) is 123 cm³/mol. The number of likely N-dealkylation sites (N-methyl/N-ethyl adjacent to an activating group) is 1. The number of hydrogen-bond donors (Lipinski definition) is 1. The molecule has 164 valence electrons. The molecule has 0 radical (unpaired) electrons. The van der Waals surface area contributed by atoms with Crippen LogP contribution < -0.4 is 0 Å². The Bertz CT molecular complexity index is 1180. The van der Waals surface area contributed by atoms with Crippen molar-refractivity contribution in [2.24, 2.45) is 0 Å². The molecule has 1 aliphatic rings. The van der Waals surface area contributed by atoms with Crippen molar-refractivity contribution in [2.75, 3.05) is 39.0 Å². The number of rotatable bonds is 7. The highest BCUT2D eigenvalue weighted by molar-refractivity contribution is 7.99. The van der Waals surface area contributed by atoms with Gasteiger partial charge in [-0.15, -0.1) is 0 Å². The van der Waals surface area contributed by atoms with Crippen LogP contribution in [-0.4, -0.2) is 72.4 Å². The highest BCUT2D eigenvalue weighted by atomic mass is 32.2. The van der Waals surface area contributed by atoms with Crippen LogP contribution in [0.3, 0.4) is 0 Å². The number of hydrogen-bond acceptors (Lipinski definition) is 6. The minimum atomic E-state index is -3.54. The van der Waals surface area contributed by atoms with E-state index < -0.39 is 10.0 Å². The van der Waals surface area contributed by atoms with Crippen molar-refractivity contribution in [3.63, 3.8) is 0 Å². The Hall–Kier alpha value is -2.20. The third-order valence-corrected chi connectivity index (χ3v) is 8.47. The zero-order valence-electron chi connectivity index (χ0n) is 17.7. The van der Waals surface area contributed by atoms with Crippen molar-refractivity contribution < 1.29 is 13.2 Å². The quantitative estimate of drug-likeness (QED) is 0.433. The Kier molecular flexibility index (Phi) is 6.47. The second-order valence-electron chi connectivity index (χ2n) is 7.65. The summed E-state index contributed by atoms with van der Waals surface area (Å²) >= 11 is 1.31. The SMILES string of the molecule is CCc1cccc2c(C(=O)CSc3ccc(S(=O)(=O)N4CCN(C)CC4)cn3)c[nH]c12. The monoisotopic (exact) mass is 458 g/mol. The number of pyridine rings is 1. The first-order valence-corrected chi connectivity index (χ1v) is 12.7. The molecule has 2 aromatic heterocycles. The average Bonchev–Trinajstić information content (AvgIpc) is 3.22. The number of fused-ring (bicyclic) bond motifs is 1. The van der Waals surface area contributed by atoms with Crippen LogP contribution in [0.15, 0.2) is 52.6 Å². The zero-order valence-corrected chi connectivity index (χ0v) is 19.3. The molecule has 1 aromatic carbocycles. The molecule has 0 saturated carbocycles. The molecule has 4 rings (SSSR count). The highest BCUT2D eigenvalue weighted by Gasteiger charge is 2.27. The van der Waals surface area contributed by atoms with E-state index in [0.717, 1.165) is 30.4 Å². The van der Waals surface area contributed by atoms with E-state index in [0.29, 0.717) is 23.7 Å². The van der Waals surface area contributed by atoms with Crippen LogP contribution in [0.25, 0.3) is 10.9 Å². The van der Waals surface area contributed by atoms with Crippen LogP contribution in [-0.2, 0) is 16.4 Å². The Morgan fingerprint density at radius 1 is 1.16 bits per heavy atom. The summed E-state index contributed by atoms with van der Waals surface area (Å²) in [6.45, 7) is 4.49. The number of piperazine rings is 1. The summed E-state index contributed by atoms with van der Waals surface area (Å²) in [7, 11) is -1.55. The minimum Gasteiger partial charge on any atom is -0.360 e. The fourth-order valence-corrected chi connectivity index (χ4v) is 5.84. The van der Waals surface area contributed by atoms with E-state index in [1.165, 1.54) is 27.8 Å². The summed E-state index contributed by atoms with van der Waals surface area (Å²) in [4.78, 5) is 22.6. The number of benzene rings is 1. The van der Waals surface area contributed by atoms with Gasteiger partial charge in [-0.1, -0.05) is 36.9 Å². The van der Waals surface area contributed by atoms with E-state index in [1.807, 2.05) is 19.2 Å². The number of para-hydroxylation sites is 1. The average molecular weight is 459 g/mol. The van der Waals surface area contributed by atoms with Gasteiger partial charge in [0.15, 0.2) is 5.78 Å². The van der Waals surface area contributed by atoms with Crippen LogP contribution in [0.2, 0.25) is 0 Å². The van der Waals surface area contributed by atoms with E-state index in [4.69, 9.17) is 0 Å². The Balaban J connectivity index is 1.42. The third kappa shape index (κ3) is 4.55.